The van der Waals surface area contributed by atoms with Crippen molar-refractivity contribution in [2.75, 3.05) is 13.1 Å². The average Bonchev–Trinajstić information content (AvgIpc) is 3.18. The van der Waals surface area contributed by atoms with Crippen LogP contribution in [0, 0.1) is 5.92 Å². The van der Waals surface area contributed by atoms with E-state index in [1.165, 1.54) is 64.5 Å². The molecule has 2 aliphatic carbocycles. The minimum Gasteiger partial charge on any atom is -0.311 e. The van der Waals surface area contributed by atoms with Gasteiger partial charge in [0.05, 0.1) is 0 Å². The van der Waals surface area contributed by atoms with Crippen molar-refractivity contribution in [3.8, 4) is 0 Å². The molecule has 2 atom stereocenters. The van der Waals surface area contributed by atoms with Gasteiger partial charge in [0, 0.05) is 30.7 Å². The Bertz CT molecular complexity index is 279. The quantitative estimate of drug-likeness (QED) is 0.757. The first kappa shape index (κ1) is 12.9. The molecule has 2 nitrogen and oxygen atoms in total. The van der Waals surface area contributed by atoms with E-state index in [-0.39, 0.29) is 0 Å². The highest BCUT2D eigenvalue weighted by Gasteiger charge is 2.49. The van der Waals surface area contributed by atoms with Crippen molar-refractivity contribution in [1.82, 2.24) is 10.2 Å². The van der Waals surface area contributed by atoms with Crippen LogP contribution in [0.3, 0.4) is 0 Å². The Hall–Kier alpha value is -0.0800. The van der Waals surface area contributed by atoms with Gasteiger partial charge in [0.1, 0.15) is 0 Å². The lowest BCUT2D eigenvalue weighted by Gasteiger charge is -2.51. The molecule has 104 valence electrons. The molecule has 3 aliphatic rings. The predicted octanol–water partition coefficient (Wildman–Crippen LogP) is 3.17. The van der Waals surface area contributed by atoms with Crippen molar-refractivity contribution in [3.63, 3.8) is 0 Å². The summed E-state index contributed by atoms with van der Waals surface area (Å²) in [6.07, 6.45) is 11.7. The van der Waals surface area contributed by atoms with Gasteiger partial charge in [0.15, 0.2) is 0 Å². The lowest BCUT2D eigenvalue weighted by Crippen LogP contribution is -2.66. The molecule has 3 rings (SSSR count). The zero-order valence-corrected chi connectivity index (χ0v) is 12.3. The number of piperazine rings is 1. The summed E-state index contributed by atoms with van der Waals surface area (Å²) in [7, 11) is 0. The van der Waals surface area contributed by atoms with Gasteiger partial charge in [-0.1, -0.05) is 25.7 Å². The van der Waals surface area contributed by atoms with Crippen molar-refractivity contribution < 1.29 is 0 Å². The lowest BCUT2D eigenvalue weighted by molar-refractivity contribution is -0.00439. The van der Waals surface area contributed by atoms with E-state index in [1.54, 1.807) is 0 Å². The minimum atomic E-state index is 0.460. The van der Waals surface area contributed by atoms with Gasteiger partial charge in [-0.3, -0.25) is 4.90 Å². The smallest absolute Gasteiger partial charge is 0.0337 e. The Kier molecular flexibility index (Phi) is 3.68. The lowest BCUT2D eigenvalue weighted by atomic mass is 9.86. The monoisotopic (exact) mass is 250 g/mol. The highest BCUT2D eigenvalue weighted by Crippen LogP contribution is 2.45. The molecule has 2 saturated carbocycles. The van der Waals surface area contributed by atoms with E-state index in [0.717, 1.165) is 12.0 Å². The summed E-state index contributed by atoms with van der Waals surface area (Å²) in [6.45, 7) is 7.39. The molecule has 0 amide bonds. The van der Waals surface area contributed by atoms with Gasteiger partial charge in [-0.2, -0.15) is 0 Å². The van der Waals surface area contributed by atoms with Gasteiger partial charge >= 0.3 is 0 Å². The Labute approximate surface area is 113 Å². The second-order valence-electron chi connectivity index (χ2n) is 7.21. The molecular weight excluding hydrogens is 220 g/mol. The second kappa shape index (κ2) is 5.13. The molecule has 2 unspecified atom stereocenters. The van der Waals surface area contributed by atoms with E-state index in [4.69, 9.17) is 0 Å². The maximum Gasteiger partial charge on any atom is 0.0337 e. The van der Waals surface area contributed by atoms with Crippen molar-refractivity contribution >= 4 is 0 Å². The van der Waals surface area contributed by atoms with Crippen molar-refractivity contribution in [2.24, 2.45) is 5.92 Å². The summed E-state index contributed by atoms with van der Waals surface area (Å²) in [5.74, 6) is 0.973. The van der Waals surface area contributed by atoms with Crippen LogP contribution in [-0.2, 0) is 0 Å². The van der Waals surface area contributed by atoms with E-state index < -0.39 is 0 Å². The van der Waals surface area contributed by atoms with Crippen LogP contribution in [0.4, 0.5) is 0 Å². The third-order valence-corrected chi connectivity index (χ3v) is 5.66. The normalized spacial score (nSPS) is 40.7. The van der Waals surface area contributed by atoms with Crippen LogP contribution in [0.2, 0.25) is 0 Å². The van der Waals surface area contributed by atoms with Gasteiger partial charge in [-0.15, -0.1) is 0 Å². The molecule has 0 bridgehead atoms. The largest absolute Gasteiger partial charge is 0.311 e. The number of rotatable bonds is 2. The fourth-order valence-corrected chi connectivity index (χ4v) is 4.27. The second-order valence-corrected chi connectivity index (χ2v) is 7.21. The summed E-state index contributed by atoms with van der Waals surface area (Å²) in [6, 6.07) is 1.56. The summed E-state index contributed by atoms with van der Waals surface area (Å²) in [5, 5.41) is 3.74. The van der Waals surface area contributed by atoms with Crippen LogP contribution < -0.4 is 5.32 Å². The van der Waals surface area contributed by atoms with E-state index in [1.807, 2.05) is 0 Å². The van der Waals surface area contributed by atoms with Crippen LogP contribution in [-0.4, -0.2) is 35.6 Å². The molecule has 2 heteroatoms. The van der Waals surface area contributed by atoms with E-state index in [0.29, 0.717) is 11.6 Å². The molecule has 1 aliphatic heterocycles. The highest BCUT2D eigenvalue weighted by atomic mass is 15.3. The molecule has 0 aromatic carbocycles. The van der Waals surface area contributed by atoms with Crippen LogP contribution in [0.5, 0.6) is 0 Å². The molecular formula is C16H30N2. The minimum absolute atomic E-state index is 0.460. The molecule has 0 radical (unpaired) electrons. The molecule has 3 fully saturated rings. The molecule has 0 spiro atoms. The highest BCUT2D eigenvalue weighted by molar-refractivity contribution is 5.06. The Morgan fingerprint density at radius 3 is 2.28 bits per heavy atom. The Balaban J connectivity index is 1.75. The zero-order valence-electron chi connectivity index (χ0n) is 12.3. The maximum atomic E-state index is 3.74. The topological polar surface area (TPSA) is 15.3 Å². The SMILES string of the molecule is CC1CN(C2CCCCCC2)C(C)(C2CC2)CN1. The maximum absolute atomic E-state index is 3.74. The van der Waals surface area contributed by atoms with Crippen LogP contribution in [0.25, 0.3) is 0 Å². The van der Waals surface area contributed by atoms with Gasteiger partial charge < -0.3 is 5.32 Å². The zero-order chi connectivity index (χ0) is 12.6. The first-order valence-corrected chi connectivity index (χ1v) is 8.20. The Morgan fingerprint density at radius 1 is 1.00 bits per heavy atom. The molecule has 1 saturated heterocycles. The summed E-state index contributed by atoms with van der Waals surface area (Å²) < 4.78 is 0. The summed E-state index contributed by atoms with van der Waals surface area (Å²) in [5.41, 5.74) is 0.460. The van der Waals surface area contributed by atoms with Crippen LogP contribution in [0.1, 0.15) is 65.2 Å². The van der Waals surface area contributed by atoms with Crippen LogP contribution >= 0.6 is 0 Å². The first-order valence-electron chi connectivity index (χ1n) is 8.20. The standard InChI is InChI=1S/C16H30N2/c1-13-11-18(15-7-5-3-4-6-8-15)16(2,12-17-13)14-9-10-14/h13-15,17H,3-12H2,1-2H3. The number of hydrogen-bond acceptors (Lipinski definition) is 2. The molecule has 18 heavy (non-hydrogen) atoms. The fourth-order valence-electron chi connectivity index (χ4n) is 4.27. The Morgan fingerprint density at radius 2 is 1.67 bits per heavy atom. The van der Waals surface area contributed by atoms with E-state index in [2.05, 4.69) is 24.1 Å². The van der Waals surface area contributed by atoms with Crippen molar-refractivity contribution in [1.29, 1.82) is 0 Å². The third kappa shape index (κ3) is 2.46. The molecule has 1 heterocycles. The number of hydrogen-bond donors (Lipinski definition) is 1. The first-order chi connectivity index (χ1) is 8.70. The summed E-state index contributed by atoms with van der Waals surface area (Å²) in [4.78, 5) is 2.93. The predicted molar refractivity (Wildman–Crippen MR) is 76.8 cm³/mol. The van der Waals surface area contributed by atoms with Gasteiger partial charge in [-0.25, -0.2) is 0 Å². The van der Waals surface area contributed by atoms with Crippen molar-refractivity contribution in [3.05, 3.63) is 0 Å². The molecule has 0 aromatic heterocycles. The number of nitrogens with one attached hydrogen (secondary N) is 1. The molecule has 1 N–H and O–H groups in total. The fraction of sp³-hybridized carbons (Fsp3) is 1.00. The van der Waals surface area contributed by atoms with E-state index >= 15 is 0 Å². The van der Waals surface area contributed by atoms with Crippen molar-refractivity contribution in [2.45, 2.75) is 82.8 Å². The number of nitrogens with zero attached hydrogens (tertiary/aromatic N) is 1. The van der Waals surface area contributed by atoms with Gasteiger partial charge in [0.25, 0.3) is 0 Å². The third-order valence-electron chi connectivity index (χ3n) is 5.66. The van der Waals surface area contributed by atoms with Gasteiger partial charge in [0.2, 0.25) is 0 Å². The summed E-state index contributed by atoms with van der Waals surface area (Å²) >= 11 is 0. The van der Waals surface area contributed by atoms with Crippen LogP contribution in [0.15, 0.2) is 0 Å². The molecule has 0 aromatic rings. The average molecular weight is 250 g/mol. The van der Waals surface area contributed by atoms with Gasteiger partial charge in [-0.05, 0) is 45.4 Å². The van der Waals surface area contributed by atoms with E-state index in [9.17, 15) is 0 Å².